The van der Waals surface area contributed by atoms with Gasteiger partial charge in [0.2, 0.25) is 0 Å². The fraction of sp³-hybridized carbons (Fsp3) is 0.467. The average Bonchev–Trinajstić information content (AvgIpc) is 3.28. The molecule has 0 heterocycles. The van der Waals surface area contributed by atoms with Gasteiger partial charge in [0.1, 0.15) is 0 Å². The lowest BCUT2D eigenvalue weighted by molar-refractivity contribution is 0.0826. The summed E-state index contributed by atoms with van der Waals surface area (Å²) in [6, 6.07) is 6.70. The van der Waals surface area contributed by atoms with Crippen molar-refractivity contribution in [3.63, 3.8) is 0 Å². The molecule has 2 rings (SSSR count). The Kier molecular flexibility index (Phi) is 4.39. The summed E-state index contributed by atoms with van der Waals surface area (Å²) in [5, 5.41) is 2.83. The zero-order valence-electron chi connectivity index (χ0n) is 11.9. The van der Waals surface area contributed by atoms with Crippen LogP contribution in [-0.4, -0.2) is 43.4 Å². The quantitative estimate of drug-likeness (QED) is 0.836. The van der Waals surface area contributed by atoms with Crippen LogP contribution in [0.1, 0.15) is 33.6 Å². The Morgan fingerprint density at radius 3 is 2.30 bits per heavy atom. The maximum absolute atomic E-state index is 11.9. The van der Waals surface area contributed by atoms with Crippen LogP contribution in [0.3, 0.4) is 0 Å². The van der Waals surface area contributed by atoms with Crippen molar-refractivity contribution in [3.05, 3.63) is 35.4 Å². The summed E-state index contributed by atoms with van der Waals surface area (Å²) in [6.45, 7) is 0.502. The molecule has 1 fully saturated rings. The first-order chi connectivity index (χ1) is 9.49. The fourth-order valence-corrected chi connectivity index (χ4v) is 2.03. The zero-order chi connectivity index (χ0) is 14.7. The predicted octanol–water partition coefficient (Wildman–Crippen LogP) is 0.855. The Morgan fingerprint density at radius 1 is 1.25 bits per heavy atom. The van der Waals surface area contributed by atoms with Crippen LogP contribution in [0, 0.1) is 5.92 Å². The Morgan fingerprint density at radius 2 is 1.80 bits per heavy atom. The molecule has 0 saturated heterocycles. The number of hydrogen-bond donors (Lipinski definition) is 2. The van der Waals surface area contributed by atoms with Crippen LogP contribution in [0.5, 0.6) is 0 Å². The van der Waals surface area contributed by atoms with Crippen LogP contribution in [0.15, 0.2) is 24.3 Å². The van der Waals surface area contributed by atoms with Crippen molar-refractivity contribution in [1.29, 1.82) is 0 Å². The highest BCUT2D eigenvalue weighted by atomic mass is 16.2. The molecule has 1 aromatic rings. The van der Waals surface area contributed by atoms with Crippen LogP contribution in [0.25, 0.3) is 0 Å². The van der Waals surface area contributed by atoms with Crippen molar-refractivity contribution in [2.24, 2.45) is 11.7 Å². The predicted molar refractivity (Wildman–Crippen MR) is 77.5 cm³/mol. The van der Waals surface area contributed by atoms with Crippen molar-refractivity contribution in [3.8, 4) is 0 Å². The third kappa shape index (κ3) is 3.57. The highest BCUT2D eigenvalue weighted by molar-refractivity contribution is 5.97. The molecule has 1 aliphatic carbocycles. The number of rotatable bonds is 5. The van der Waals surface area contributed by atoms with Crippen LogP contribution < -0.4 is 11.1 Å². The first-order valence-corrected chi connectivity index (χ1v) is 6.84. The topological polar surface area (TPSA) is 75.4 Å². The van der Waals surface area contributed by atoms with Crippen molar-refractivity contribution < 1.29 is 9.59 Å². The van der Waals surface area contributed by atoms with Crippen molar-refractivity contribution in [2.45, 2.75) is 18.9 Å². The van der Waals surface area contributed by atoms with E-state index in [0.717, 1.165) is 0 Å². The molecule has 0 bridgehead atoms. The summed E-state index contributed by atoms with van der Waals surface area (Å²) in [5.41, 5.74) is 7.05. The number of carbonyl (C=O) groups excluding carboxylic acids is 2. The molecule has 1 aromatic carbocycles. The van der Waals surface area contributed by atoms with E-state index in [9.17, 15) is 9.59 Å². The van der Waals surface area contributed by atoms with Crippen LogP contribution >= 0.6 is 0 Å². The summed E-state index contributed by atoms with van der Waals surface area (Å²) < 4.78 is 0. The molecule has 0 aromatic heterocycles. The summed E-state index contributed by atoms with van der Waals surface area (Å²) >= 11 is 0. The van der Waals surface area contributed by atoms with Gasteiger partial charge in [-0.3, -0.25) is 9.59 Å². The first-order valence-electron chi connectivity index (χ1n) is 6.84. The lowest BCUT2D eigenvalue weighted by atomic mass is 10.1. The minimum atomic E-state index is -0.148. The molecule has 0 spiro atoms. The molecular weight excluding hydrogens is 254 g/mol. The smallest absolute Gasteiger partial charge is 0.253 e. The first kappa shape index (κ1) is 14.5. The van der Waals surface area contributed by atoms with E-state index in [2.05, 4.69) is 5.32 Å². The Labute approximate surface area is 119 Å². The van der Waals surface area contributed by atoms with Crippen molar-refractivity contribution >= 4 is 11.8 Å². The van der Waals surface area contributed by atoms with Gasteiger partial charge in [-0.15, -0.1) is 0 Å². The maximum atomic E-state index is 11.9. The van der Waals surface area contributed by atoms with E-state index in [1.54, 1.807) is 38.4 Å². The normalized spacial score (nSPS) is 15.6. The van der Waals surface area contributed by atoms with E-state index in [-0.39, 0.29) is 17.9 Å². The van der Waals surface area contributed by atoms with E-state index >= 15 is 0 Å². The molecule has 20 heavy (non-hydrogen) atoms. The third-order valence-electron chi connectivity index (χ3n) is 3.53. The number of carbonyl (C=O) groups is 2. The van der Waals surface area contributed by atoms with Gasteiger partial charge in [0, 0.05) is 37.8 Å². The highest BCUT2D eigenvalue weighted by Crippen LogP contribution is 2.31. The molecule has 5 heteroatoms. The number of nitrogens with one attached hydrogen (secondary N) is 1. The van der Waals surface area contributed by atoms with Gasteiger partial charge < -0.3 is 16.0 Å². The van der Waals surface area contributed by atoms with E-state index in [0.29, 0.717) is 23.6 Å². The van der Waals surface area contributed by atoms with E-state index in [4.69, 9.17) is 5.73 Å². The molecule has 3 N–H and O–H groups in total. The molecule has 5 nitrogen and oxygen atoms in total. The monoisotopic (exact) mass is 275 g/mol. The second-order valence-corrected chi connectivity index (χ2v) is 5.49. The lowest BCUT2D eigenvalue weighted by Crippen LogP contribution is -2.38. The number of nitrogens with zero attached hydrogens (tertiary/aromatic N) is 1. The lowest BCUT2D eigenvalue weighted by Gasteiger charge is -2.12. The fourth-order valence-electron chi connectivity index (χ4n) is 2.03. The summed E-state index contributed by atoms with van der Waals surface area (Å²) in [4.78, 5) is 25.2. The van der Waals surface area contributed by atoms with Crippen LogP contribution in [0.4, 0.5) is 0 Å². The Balaban J connectivity index is 1.91. The number of hydrogen-bond acceptors (Lipinski definition) is 3. The van der Waals surface area contributed by atoms with E-state index in [1.165, 1.54) is 17.7 Å². The van der Waals surface area contributed by atoms with Crippen LogP contribution in [0.2, 0.25) is 0 Å². The standard InChI is InChI=1S/C15H21N3O2/c1-18(2)15(20)12-7-5-11(6-8-12)14(19)17-9-13(16)10-3-4-10/h5-8,10,13H,3-4,9,16H2,1-2H3,(H,17,19). The molecule has 1 aliphatic rings. The van der Waals surface area contributed by atoms with Gasteiger partial charge in [-0.05, 0) is 43.0 Å². The zero-order valence-corrected chi connectivity index (χ0v) is 11.9. The van der Waals surface area contributed by atoms with Gasteiger partial charge in [-0.2, -0.15) is 0 Å². The van der Waals surface area contributed by atoms with Gasteiger partial charge in [0.05, 0.1) is 0 Å². The van der Waals surface area contributed by atoms with Crippen molar-refractivity contribution in [2.75, 3.05) is 20.6 Å². The van der Waals surface area contributed by atoms with Crippen LogP contribution in [-0.2, 0) is 0 Å². The maximum Gasteiger partial charge on any atom is 0.253 e. The Hall–Kier alpha value is -1.88. The van der Waals surface area contributed by atoms with Gasteiger partial charge in [-0.25, -0.2) is 0 Å². The molecule has 2 amide bonds. The van der Waals surface area contributed by atoms with Gasteiger partial charge in [0.15, 0.2) is 0 Å². The van der Waals surface area contributed by atoms with E-state index < -0.39 is 0 Å². The second-order valence-electron chi connectivity index (χ2n) is 5.49. The average molecular weight is 275 g/mol. The second kappa shape index (κ2) is 6.05. The molecule has 0 aliphatic heterocycles. The van der Waals surface area contributed by atoms with Crippen molar-refractivity contribution in [1.82, 2.24) is 10.2 Å². The summed E-state index contributed by atoms with van der Waals surface area (Å²) in [7, 11) is 3.39. The number of benzene rings is 1. The number of amides is 2. The van der Waals surface area contributed by atoms with Gasteiger partial charge >= 0.3 is 0 Å². The minimum Gasteiger partial charge on any atom is -0.350 e. The summed E-state index contributed by atoms with van der Waals surface area (Å²) in [6.07, 6.45) is 2.33. The largest absolute Gasteiger partial charge is 0.350 e. The highest BCUT2D eigenvalue weighted by Gasteiger charge is 2.28. The molecule has 1 saturated carbocycles. The molecular formula is C15H21N3O2. The minimum absolute atomic E-state index is 0.0496. The molecule has 108 valence electrons. The SMILES string of the molecule is CN(C)C(=O)c1ccc(C(=O)NCC(N)C2CC2)cc1. The number of nitrogens with two attached hydrogens (primary N) is 1. The third-order valence-corrected chi connectivity index (χ3v) is 3.53. The summed E-state index contributed by atoms with van der Waals surface area (Å²) in [5.74, 6) is 0.341. The molecule has 1 unspecified atom stereocenters. The Bertz CT molecular complexity index is 492. The van der Waals surface area contributed by atoms with Gasteiger partial charge in [0.25, 0.3) is 11.8 Å². The molecule has 1 atom stereocenters. The van der Waals surface area contributed by atoms with E-state index in [1.807, 2.05) is 0 Å². The molecule has 0 radical (unpaired) electrons. The van der Waals surface area contributed by atoms with Gasteiger partial charge in [-0.1, -0.05) is 0 Å².